The average molecular weight is 453 g/mol. The SMILES string of the molecule is CC(=O)OC1CC=CC(OC(C)=O)C(OC(=O)C=Cc2cn(C)cn2)Cc2ccccc2C1. The van der Waals surface area contributed by atoms with Crippen LogP contribution in [0, 0.1) is 0 Å². The fraction of sp³-hybridized carbons (Fsp3) is 0.360. The van der Waals surface area contributed by atoms with E-state index >= 15 is 0 Å². The summed E-state index contributed by atoms with van der Waals surface area (Å²) in [6.45, 7) is 2.69. The summed E-state index contributed by atoms with van der Waals surface area (Å²) in [5, 5.41) is 0. The van der Waals surface area contributed by atoms with Crippen LogP contribution in [-0.4, -0.2) is 45.8 Å². The van der Waals surface area contributed by atoms with Gasteiger partial charge in [-0.2, -0.15) is 0 Å². The van der Waals surface area contributed by atoms with Crippen molar-refractivity contribution >= 4 is 24.0 Å². The second-order valence-electron chi connectivity index (χ2n) is 7.92. The van der Waals surface area contributed by atoms with E-state index in [1.165, 1.54) is 19.9 Å². The Balaban J connectivity index is 1.87. The zero-order chi connectivity index (χ0) is 23.8. The van der Waals surface area contributed by atoms with Crippen molar-refractivity contribution < 1.29 is 28.6 Å². The second kappa shape index (κ2) is 11.3. The molecule has 0 saturated heterocycles. The first-order valence-electron chi connectivity index (χ1n) is 10.7. The number of esters is 3. The monoisotopic (exact) mass is 452 g/mol. The molecule has 33 heavy (non-hydrogen) atoms. The standard InChI is InChI=1S/C25H28N2O6/c1-17(28)31-22-9-6-10-23(32-18(2)29)24(14-20-8-5-4-7-19(20)13-22)33-25(30)12-11-21-15-27(3)16-26-21/h4-8,10-12,15-16,22-24H,9,13-14H2,1-3H3. The molecular weight excluding hydrogens is 424 g/mol. The third-order valence-electron chi connectivity index (χ3n) is 5.10. The minimum absolute atomic E-state index is 0.328. The molecule has 3 rings (SSSR count). The Morgan fingerprint density at radius 1 is 1.03 bits per heavy atom. The van der Waals surface area contributed by atoms with Gasteiger partial charge in [-0.1, -0.05) is 30.3 Å². The van der Waals surface area contributed by atoms with Gasteiger partial charge in [0, 0.05) is 52.4 Å². The molecule has 0 saturated carbocycles. The topological polar surface area (TPSA) is 96.7 Å². The van der Waals surface area contributed by atoms with E-state index < -0.39 is 24.1 Å². The molecule has 1 aliphatic rings. The minimum atomic E-state index is -0.793. The molecule has 8 nitrogen and oxygen atoms in total. The number of hydrogen-bond acceptors (Lipinski definition) is 7. The van der Waals surface area contributed by atoms with Crippen LogP contribution < -0.4 is 0 Å². The Labute approximate surface area is 192 Å². The highest BCUT2D eigenvalue weighted by atomic mass is 16.6. The van der Waals surface area contributed by atoms with E-state index in [-0.39, 0.29) is 12.1 Å². The summed E-state index contributed by atoms with van der Waals surface area (Å²) in [4.78, 5) is 40.1. The van der Waals surface area contributed by atoms with E-state index in [1.807, 2.05) is 31.3 Å². The van der Waals surface area contributed by atoms with Crippen LogP contribution in [0.2, 0.25) is 0 Å². The zero-order valence-electron chi connectivity index (χ0n) is 19.0. The number of carbonyl (C=O) groups excluding carboxylic acids is 3. The first-order chi connectivity index (χ1) is 15.8. The number of aryl methyl sites for hydroxylation is 1. The van der Waals surface area contributed by atoms with Gasteiger partial charge in [-0.3, -0.25) is 9.59 Å². The summed E-state index contributed by atoms with van der Waals surface area (Å²) >= 11 is 0. The Bertz CT molecular complexity index is 1050. The van der Waals surface area contributed by atoms with E-state index in [4.69, 9.17) is 14.2 Å². The van der Waals surface area contributed by atoms with Crippen molar-refractivity contribution in [3.05, 3.63) is 71.8 Å². The Morgan fingerprint density at radius 3 is 2.36 bits per heavy atom. The van der Waals surface area contributed by atoms with Gasteiger partial charge in [0.2, 0.25) is 0 Å². The average Bonchev–Trinajstić information content (AvgIpc) is 3.16. The van der Waals surface area contributed by atoms with Crippen molar-refractivity contribution in [2.75, 3.05) is 0 Å². The lowest BCUT2D eigenvalue weighted by Gasteiger charge is -2.27. The summed E-state index contributed by atoms with van der Waals surface area (Å²) in [6, 6.07) is 7.69. The Kier molecular flexibility index (Phi) is 8.18. The Morgan fingerprint density at radius 2 is 1.73 bits per heavy atom. The molecule has 8 heteroatoms. The lowest BCUT2D eigenvalue weighted by Crippen LogP contribution is -2.36. The summed E-state index contributed by atoms with van der Waals surface area (Å²) in [5.41, 5.74) is 2.53. The van der Waals surface area contributed by atoms with Crippen LogP contribution in [0.3, 0.4) is 0 Å². The first kappa shape index (κ1) is 24.0. The molecule has 0 spiro atoms. The van der Waals surface area contributed by atoms with Crippen LogP contribution in [0.15, 0.2) is 55.0 Å². The maximum atomic E-state index is 12.6. The highest BCUT2D eigenvalue weighted by Gasteiger charge is 2.28. The lowest BCUT2D eigenvalue weighted by molar-refractivity contribution is -0.159. The molecule has 0 amide bonds. The Hall–Kier alpha value is -3.68. The molecule has 2 aromatic rings. The normalized spacial score (nSPS) is 20.6. The molecule has 174 valence electrons. The minimum Gasteiger partial charge on any atom is -0.462 e. The van der Waals surface area contributed by atoms with E-state index in [9.17, 15) is 14.4 Å². The van der Waals surface area contributed by atoms with Gasteiger partial charge in [0.15, 0.2) is 6.10 Å². The molecule has 0 bridgehead atoms. The van der Waals surface area contributed by atoms with E-state index in [1.54, 1.807) is 35.3 Å². The van der Waals surface area contributed by atoms with Crippen LogP contribution in [-0.2, 0) is 48.5 Å². The number of carbonyl (C=O) groups is 3. The van der Waals surface area contributed by atoms with E-state index in [0.29, 0.717) is 25.0 Å². The quantitative estimate of drug-likeness (QED) is 0.298. The second-order valence-corrected chi connectivity index (χ2v) is 7.92. The maximum absolute atomic E-state index is 12.6. The fourth-order valence-corrected chi connectivity index (χ4v) is 3.71. The number of rotatable bonds is 5. The maximum Gasteiger partial charge on any atom is 0.331 e. The zero-order valence-corrected chi connectivity index (χ0v) is 19.0. The molecule has 1 aromatic carbocycles. The first-order valence-corrected chi connectivity index (χ1v) is 10.7. The largest absolute Gasteiger partial charge is 0.462 e. The summed E-state index contributed by atoms with van der Waals surface area (Å²) < 4.78 is 18.5. The fourth-order valence-electron chi connectivity index (χ4n) is 3.71. The number of ether oxygens (including phenoxy) is 3. The molecular formula is C25H28N2O6. The molecule has 1 heterocycles. The van der Waals surface area contributed by atoms with Crippen LogP contribution in [0.5, 0.6) is 0 Å². The van der Waals surface area contributed by atoms with Crippen LogP contribution in [0.25, 0.3) is 6.08 Å². The number of hydrogen-bond donors (Lipinski definition) is 0. The molecule has 1 aliphatic carbocycles. The van der Waals surface area contributed by atoms with Gasteiger partial charge in [0.05, 0.1) is 12.0 Å². The number of fused-ring (bicyclic) bond motifs is 1. The van der Waals surface area contributed by atoms with Crippen molar-refractivity contribution in [2.45, 2.75) is 51.4 Å². The van der Waals surface area contributed by atoms with Crippen molar-refractivity contribution in [1.29, 1.82) is 0 Å². The number of nitrogens with zero attached hydrogens (tertiary/aromatic N) is 2. The van der Waals surface area contributed by atoms with Crippen molar-refractivity contribution in [2.24, 2.45) is 7.05 Å². The van der Waals surface area contributed by atoms with Gasteiger partial charge in [0.1, 0.15) is 12.2 Å². The van der Waals surface area contributed by atoms with Gasteiger partial charge in [-0.05, 0) is 23.3 Å². The lowest BCUT2D eigenvalue weighted by atomic mass is 9.93. The van der Waals surface area contributed by atoms with Gasteiger partial charge >= 0.3 is 17.9 Å². The predicted octanol–water partition coefficient (Wildman–Crippen LogP) is 2.95. The molecule has 3 atom stereocenters. The van der Waals surface area contributed by atoms with Gasteiger partial charge in [-0.25, -0.2) is 9.78 Å². The number of benzene rings is 1. The summed E-state index contributed by atoms with van der Waals surface area (Å²) in [6.07, 6.45) is 9.16. The number of imidazole rings is 1. The molecule has 1 aromatic heterocycles. The van der Waals surface area contributed by atoms with Gasteiger partial charge < -0.3 is 18.8 Å². The van der Waals surface area contributed by atoms with Gasteiger partial charge in [-0.15, -0.1) is 0 Å². The van der Waals surface area contributed by atoms with Crippen molar-refractivity contribution in [1.82, 2.24) is 9.55 Å². The van der Waals surface area contributed by atoms with Crippen LogP contribution in [0.4, 0.5) is 0 Å². The van der Waals surface area contributed by atoms with Crippen LogP contribution in [0.1, 0.15) is 37.1 Å². The molecule has 0 N–H and O–H groups in total. The molecule has 0 radical (unpaired) electrons. The highest BCUT2D eigenvalue weighted by Crippen LogP contribution is 2.22. The van der Waals surface area contributed by atoms with Gasteiger partial charge in [0.25, 0.3) is 0 Å². The summed E-state index contributed by atoms with van der Waals surface area (Å²) in [5.74, 6) is -1.41. The van der Waals surface area contributed by atoms with Crippen molar-refractivity contribution in [3.63, 3.8) is 0 Å². The van der Waals surface area contributed by atoms with E-state index in [2.05, 4.69) is 4.98 Å². The smallest absolute Gasteiger partial charge is 0.331 e. The van der Waals surface area contributed by atoms with Crippen molar-refractivity contribution in [3.8, 4) is 0 Å². The third-order valence-corrected chi connectivity index (χ3v) is 5.10. The predicted molar refractivity (Wildman–Crippen MR) is 121 cm³/mol. The molecule has 3 unspecified atom stereocenters. The molecule has 0 fully saturated rings. The molecule has 0 aliphatic heterocycles. The third kappa shape index (κ3) is 7.45. The number of aromatic nitrogens is 2. The highest BCUT2D eigenvalue weighted by molar-refractivity contribution is 5.86. The summed E-state index contributed by atoms with van der Waals surface area (Å²) in [7, 11) is 1.84. The van der Waals surface area contributed by atoms with Crippen LogP contribution >= 0.6 is 0 Å². The van der Waals surface area contributed by atoms with E-state index in [0.717, 1.165) is 11.1 Å².